The minimum atomic E-state index is -2.81. The summed E-state index contributed by atoms with van der Waals surface area (Å²) in [6.45, 7) is 0.847. The SMILES string of the molecule is CN(CCCCCC(=O)O)C1CCS(=O)(=O)C1. The van der Waals surface area contributed by atoms with Crippen molar-refractivity contribution in [2.24, 2.45) is 0 Å². The van der Waals surface area contributed by atoms with Crippen molar-refractivity contribution in [1.29, 1.82) is 0 Å². The van der Waals surface area contributed by atoms with Crippen molar-refractivity contribution in [3.05, 3.63) is 0 Å². The van der Waals surface area contributed by atoms with E-state index in [2.05, 4.69) is 4.90 Å². The molecule has 1 aliphatic heterocycles. The van der Waals surface area contributed by atoms with Crippen molar-refractivity contribution in [3.8, 4) is 0 Å². The van der Waals surface area contributed by atoms with Crippen LogP contribution in [0.3, 0.4) is 0 Å². The minimum absolute atomic E-state index is 0.152. The van der Waals surface area contributed by atoms with Crippen molar-refractivity contribution in [2.45, 2.75) is 38.1 Å². The third kappa shape index (κ3) is 5.50. The Labute approximate surface area is 103 Å². The summed E-state index contributed by atoms with van der Waals surface area (Å²) in [4.78, 5) is 12.4. The number of carboxylic acid groups (broad SMARTS) is 1. The lowest BCUT2D eigenvalue weighted by Gasteiger charge is -2.22. The first-order chi connectivity index (χ1) is 7.91. The van der Waals surface area contributed by atoms with Crippen LogP contribution in [0.1, 0.15) is 32.1 Å². The molecule has 0 radical (unpaired) electrons. The van der Waals surface area contributed by atoms with Gasteiger partial charge in [-0.1, -0.05) is 6.42 Å². The van der Waals surface area contributed by atoms with Gasteiger partial charge in [0.2, 0.25) is 0 Å². The maximum atomic E-state index is 11.3. The van der Waals surface area contributed by atoms with Gasteiger partial charge in [-0.15, -0.1) is 0 Å². The lowest BCUT2D eigenvalue weighted by Crippen LogP contribution is -2.33. The number of rotatable bonds is 7. The highest BCUT2D eigenvalue weighted by atomic mass is 32.2. The number of unbranched alkanes of at least 4 members (excludes halogenated alkanes) is 2. The molecule has 1 saturated heterocycles. The second kappa shape index (κ2) is 6.35. The lowest BCUT2D eigenvalue weighted by molar-refractivity contribution is -0.137. The van der Waals surface area contributed by atoms with Gasteiger partial charge < -0.3 is 10.0 Å². The van der Waals surface area contributed by atoms with Crippen LogP contribution in [-0.2, 0) is 14.6 Å². The first kappa shape index (κ1) is 14.4. The highest BCUT2D eigenvalue weighted by molar-refractivity contribution is 7.91. The second-order valence-corrected chi connectivity index (χ2v) is 6.97. The molecular formula is C11H21NO4S. The van der Waals surface area contributed by atoms with Crippen molar-refractivity contribution in [1.82, 2.24) is 4.90 Å². The molecule has 1 N–H and O–H groups in total. The second-order valence-electron chi connectivity index (χ2n) is 4.74. The summed E-state index contributed by atoms with van der Waals surface area (Å²) >= 11 is 0. The number of aliphatic carboxylic acids is 1. The van der Waals surface area contributed by atoms with Crippen molar-refractivity contribution in [3.63, 3.8) is 0 Å². The number of hydrogen-bond acceptors (Lipinski definition) is 4. The summed E-state index contributed by atoms with van der Waals surface area (Å²) in [6.07, 6.45) is 3.47. The Bertz CT molecular complexity index is 352. The molecule has 6 heteroatoms. The van der Waals surface area contributed by atoms with E-state index in [0.29, 0.717) is 12.2 Å². The molecule has 100 valence electrons. The zero-order valence-corrected chi connectivity index (χ0v) is 11.1. The smallest absolute Gasteiger partial charge is 0.303 e. The van der Waals surface area contributed by atoms with Crippen molar-refractivity contribution < 1.29 is 18.3 Å². The number of nitrogens with zero attached hydrogens (tertiary/aromatic N) is 1. The molecule has 1 heterocycles. The summed E-state index contributed by atoms with van der Waals surface area (Å²) < 4.78 is 22.6. The van der Waals surface area contributed by atoms with Gasteiger partial charge in [0.1, 0.15) is 0 Å². The molecule has 0 spiro atoms. The summed E-state index contributed by atoms with van der Waals surface area (Å²) in [5.74, 6) is -0.167. The molecule has 1 aliphatic rings. The molecular weight excluding hydrogens is 242 g/mol. The van der Waals surface area contributed by atoms with Gasteiger partial charge in [-0.2, -0.15) is 0 Å². The molecule has 5 nitrogen and oxygen atoms in total. The standard InChI is InChI=1S/C11H21NO4S/c1-12(7-4-2-3-5-11(13)14)10-6-8-17(15,16)9-10/h10H,2-9H2,1H3,(H,13,14). The van der Waals surface area contributed by atoms with E-state index in [1.54, 1.807) is 0 Å². The van der Waals surface area contributed by atoms with Crippen LogP contribution in [-0.4, -0.2) is 55.5 Å². The average Bonchev–Trinajstić information content (AvgIpc) is 2.57. The maximum Gasteiger partial charge on any atom is 0.303 e. The van der Waals surface area contributed by atoms with E-state index in [1.165, 1.54) is 0 Å². The minimum Gasteiger partial charge on any atom is -0.481 e. The van der Waals surface area contributed by atoms with Gasteiger partial charge in [0, 0.05) is 12.5 Å². The lowest BCUT2D eigenvalue weighted by atomic mass is 10.1. The van der Waals surface area contributed by atoms with E-state index in [4.69, 9.17) is 5.11 Å². The van der Waals surface area contributed by atoms with Crippen LogP contribution in [0, 0.1) is 0 Å². The van der Waals surface area contributed by atoms with Crippen LogP contribution in [0.5, 0.6) is 0 Å². The van der Waals surface area contributed by atoms with E-state index in [0.717, 1.165) is 25.8 Å². The fraction of sp³-hybridized carbons (Fsp3) is 0.909. The third-order valence-corrected chi connectivity index (χ3v) is 4.98. The first-order valence-corrected chi connectivity index (χ1v) is 7.85. The fourth-order valence-electron chi connectivity index (χ4n) is 2.12. The van der Waals surface area contributed by atoms with Gasteiger partial charge in [0.25, 0.3) is 0 Å². The van der Waals surface area contributed by atoms with E-state index in [-0.39, 0.29) is 18.2 Å². The number of sulfone groups is 1. The van der Waals surface area contributed by atoms with Gasteiger partial charge >= 0.3 is 5.97 Å². The summed E-state index contributed by atoms with van der Waals surface area (Å²) in [7, 11) is -0.859. The van der Waals surface area contributed by atoms with Crippen LogP contribution in [0.25, 0.3) is 0 Å². The predicted octanol–water partition coefficient (Wildman–Crippen LogP) is 0.750. The normalized spacial score (nSPS) is 23.1. The zero-order valence-electron chi connectivity index (χ0n) is 10.3. The molecule has 0 aromatic rings. The molecule has 0 aromatic carbocycles. The van der Waals surface area contributed by atoms with Crippen LogP contribution < -0.4 is 0 Å². The van der Waals surface area contributed by atoms with Gasteiger partial charge in [0.05, 0.1) is 11.5 Å². The summed E-state index contributed by atoms with van der Waals surface area (Å²) in [5.41, 5.74) is 0. The van der Waals surface area contributed by atoms with Crippen LogP contribution in [0.4, 0.5) is 0 Å². The molecule has 1 unspecified atom stereocenters. The Hall–Kier alpha value is -0.620. The largest absolute Gasteiger partial charge is 0.481 e. The summed E-state index contributed by atoms with van der Waals surface area (Å²) in [6, 6.07) is 0.152. The Morgan fingerprint density at radius 2 is 2.06 bits per heavy atom. The highest BCUT2D eigenvalue weighted by Crippen LogP contribution is 2.17. The topological polar surface area (TPSA) is 74.7 Å². The van der Waals surface area contributed by atoms with Gasteiger partial charge in [-0.3, -0.25) is 4.79 Å². The average molecular weight is 263 g/mol. The number of carbonyl (C=O) groups is 1. The molecule has 1 fully saturated rings. The van der Waals surface area contributed by atoms with Crippen LogP contribution >= 0.6 is 0 Å². The Balaban J connectivity index is 2.13. The quantitative estimate of drug-likeness (QED) is 0.686. The molecule has 0 aliphatic carbocycles. The fourth-order valence-corrected chi connectivity index (χ4v) is 3.93. The van der Waals surface area contributed by atoms with Crippen molar-refractivity contribution >= 4 is 15.8 Å². The molecule has 0 aromatic heterocycles. The Kier molecular flexibility index (Phi) is 5.39. The van der Waals surface area contributed by atoms with E-state index >= 15 is 0 Å². The van der Waals surface area contributed by atoms with Crippen LogP contribution in [0.15, 0.2) is 0 Å². The van der Waals surface area contributed by atoms with Gasteiger partial charge in [-0.05, 0) is 32.9 Å². The van der Waals surface area contributed by atoms with Gasteiger partial charge in [0.15, 0.2) is 9.84 Å². The van der Waals surface area contributed by atoms with E-state index in [1.807, 2.05) is 7.05 Å². The zero-order chi connectivity index (χ0) is 12.9. The predicted molar refractivity (Wildman–Crippen MR) is 65.8 cm³/mol. The third-order valence-electron chi connectivity index (χ3n) is 3.23. The summed E-state index contributed by atoms with van der Waals surface area (Å²) in [5, 5.41) is 8.48. The van der Waals surface area contributed by atoms with Crippen molar-refractivity contribution in [2.75, 3.05) is 25.1 Å². The number of hydrogen-bond donors (Lipinski definition) is 1. The van der Waals surface area contributed by atoms with Crippen LogP contribution in [0.2, 0.25) is 0 Å². The number of carboxylic acids is 1. The molecule has 1 atom stereocenters. The maximum absolute atomic E-state index is 11.3. The molecule has 0 amide bonds. The Morgan fingerprint density at radius 1 is 1.35 bits per heavy atom. The molecule has 0 saturated carbocycles. The van der Waals surface area contributed by atoms with E-state index in [9.17, 15) is 13.2 Å². The van der Waals surface area contributed by atoms with E-state index < -0.39 is 15.8 Å². The highest BCUT2D eigenvalue weighted by Gasteiger charge is 2.30. The Morgan fingerprint density at radius 3 is 2.59 bits per heavy atom. The molecule has 17 heavy (non-hydrogen) atoms. The van der Waals surface area contributed by atoms with Gasteiger partial charge in [-0.25, -0.2) is 8.42 Å². The first-order valence-electron chi connectivity index (χ1n) is 6.03. The molecule has 0 bridgehead atoms. The molecule has 1 rings (SSSR count). The monoisotopic (exact) mass is 263 g/mol.